The zero-order valence-electron chi connectivity index (χ0n) is 5.02. The third kappa shape index (κ3) is 2.35. The van der Waals surface area contributed by atoms with Crippen LogP contribution in [-0.4, -0.2) is 6.21 Å². The molecule has 0 aromatic rings. The standard InChI is InChI=1S/C6H10N2/c1-2-3-6(4-7)5-8/h4,6-7H,2-3H2,1H3. The van der Waals surface area contributed by atoms with E-state index >= 15 is 0 Å². The van der Waals surface area contributed by atoms with Crippen molar-refractivity contribution in [2.24, 2.45) is 5.92 Å². The maximum atomic E-state index is 8.26. The van der Waals surface area contributed by atoms with E-state index in [1.54, 1.807) is 0 Å². The van der Waals surface area contributed by atoms with Crippen molar-refractivity contribution in [3.05, 3.63) is 0 Å². The summed E-state index contributed by atoms with van der Waals surface area (Å²) in [4.78, 5) is 0. The van der Waals surface area contributed by atoms with Crippen molar-refractivity contribution in [1.29, 1.82) is 10.7 Å². The highest BCUT2D eigenvalue weighted by atomic mass is 14.4. The van der Waals surface area contributed by atoms with Gasteiger partial charge in [0.05, 0.1) is 12.0 Å². The fourth-order valence-corrected chi connectivity index (χ4v) is 0.496. The molecule has 0 spiro atoms. The van der Waals surface area contributed by atoms with E-state index in [2.05, 4.69) is 0 Å². The van der Waals surface area contributed by atoms with E-state index in [4.69, 9.17) is 10.7 Å². The van der Waals surface area contributed by atoms with Crippen LogP contribution in [0.4, 0.5) is 0 Å². The predicted octanol–water partition coefficient (Wildman–Crippen LogP) is 1.58. The summed E-state index contributed by atoms with van der Waals surface area (Å²) in [6.07, 6.45) is 3.00. The van der Waals surface area contributed by atoms with Crippen molar-refractivity contribution in [1.82, 2.24) is 0 Å². The van der Waals surface area contributed by atoms with E-state index in [1.807, 2.05) is 13.0 Å². The summed E-state index contributed by atoms with van der Waals surface area (Å²) in [6.45, 7) is 2.01. The zero-order valence-corrected chi connectivity index (χ0v) is 5.02. The van der Waals surface area contributed by atoms with Crippen molar-refractivity contribution in [2.75, 3.05) is 0 Å². The van der Waals surface area contributed by atoms with Gasteiger partial charge in [-0.15, -0.1) is 0 Å². The Labute approximate surface area is 49.6 Å². The van der Waals surface area contributed by atoms with Crippen molar-refractivity contribution in [2.45, 2.75) is 19.8 Å². The second-order valence-electron chi connectivity index (χ2n) is 1.69. The molecule has 0 amide bonds. The first-order valence-electron chi connectivity index (χ1n) is 2.75. The SMILES string of the molecule is CCCC(C#N)C=N. The molecule has 2 nitrogen and oxygen atoms in total. The van der Waals surface area contributed by atoms with Gasteiger partial charge in [-0.2, -0.15) is 5.26 Å². The second-order valence-corrected chi connectivity index (χ2v) is 1.69. The number of nitrogens with zero attached hydrogens (tertiary/aromatic N) is 1. The molecule has 0 heterocycles. The van der Waals surface area contributed by atoms with Crippen LogP contribution in [0.3, 0.4) is 0 Å². The molecule has 0 fully saturated rings. The van der Waals surface area contributed by atoms with Crippen molar-refractivity contribution >= 4 is 6.21 Å². The lowest BCUT2D eigenvalue weighted by molar-refractivity contribution is 0.739. The third-order valence-electron chi connectivity index (χ3n) is 0.967. The van der Waals surface area contributed by atoms with Gasteiger partial charge in [-0.1, -0.05) is 13.3 Å². The fraction of sp³-hybridized carbons (Fsp3) is 0.667. The van der Waals surface area contributed by atoms with Crippen molar-refractivity contribution < 1.29 is 0 Å². The molecule has 0 aliphatic rings. The van der Waals surface area contributed by atoms with E-state index in [-0.39, 0.29) is 5.92 Å². The number of nitrogens with one attached hydrogen (secondary N) is 1. The molecular weight excluding hydrogens is 100 g/mol. The van der Waals surface area contributed by atoms with Gasteiger partial charge in [0, 0.05) is 6.21 Å². The van der Waals surface area contributed by atoms with Gasteiger partial charge in [-0.05, 0) is 6.42 Å². The Kier molecular flexibility index (Phi) is 3.87. The highest BCUT2D eigenvalue weighted by molar-refractivity contribution is 5.60. The summed E-state index contributed by atoms with van der Waals surface area (Å²) in [5.74, 6) is -0.153. The minimum Gasteiger partial charge on any atom is -0.312 e. The van der Waals surface area contributed by atoms with Crippen LogP contribution < -0.4 is 0 Å². The molecule has 1 atom stereocenters. The summed E-state index contributed by atoms with van der Waals surface area (Å²) in [5.41, 5.74) is 0. The van der Waals surface area contributed by atoms with Crippen LogP contribution in [-0.2, 0) is 0 Å². The molecule has 0 saturated heterocycles. The maximum Gasteiger partial charge on any atom is 0.0808 e. The van der Waals surface area contributed by atoms with Crippen LogP contribution in [0.1, 0.15) is 19.8 Å². The normalized spacial score (nSPS) is 12.0. The third-order valence-corrected chi connectivity index (χ3v) is 0.967. The Hall–Kier alpha value is -0.840. The van der Waals surface area contributed by atoms with Crippen LogP contribution in [0, 0.1) is 22.7 Å². The van der Waals surface area contributed by atoms with Gasteiger partial charge in [0.15, 0.2) is 0 Å². The van der Waals surface area contributed by atoms with Crippen LogP contribution in [0.5, 0.6) is 0 Å². The average Bonchev–Trinajstić information content (AvgIpc) is 1.83. The first-order valence-corrected chi connectivity index (χ1v) is 2.75. The summed E-state index contributed by atoms with van der Waals surface area (Å²) in [6, 6.07) is 2.01. The number of rotatable bonds is 3. The lowest BCUT2D eigenvalue weighted by Crippen LogP contribution is -1.95. The summed E-state index contributed by atoms with van der Waals surface area (Å²) < 4.78 is 0. The Bertz CT molecular complexity index is 102. The molecule has 1 N–H and O–H groups in total. The quantitative estimate of drug-likeness (QED) is 0.551. The Balaban J connectivity index is 3.40. The first-order chi connectivity index (χ1) is 3.85. The zero-order chi connectivity index (χ0) is 6.41. The first kappa shape index (κ1) is 7.16. The van der Waals surface area contributed by atoms with Gasteiger partial charge in [-0.25, -0.2) is 0 Å². The van der Waals surface area contributed by atoms with Gasteiger partial charge in [0.1, 0.15) is 0 Å². The largest absolute Gasteiger partial charge is 0.312 e. The van der Waals surface area contributed by atoms with Gasteiger partial charge in [0.25, 0.3) is 0 Å². The van der Waals surface area contributed by atoms with Crippen LogP contribution in [0.25, 0.3) is 0 Å². The van der Waals surface area contributed by atoms with E-state index in [0.29, 0.717) is 0 Å². The van der Waals surface area contributed by atoms with Gasteiger partial charge in [0.2, 0.25) is 0 Å². The number of hydrogen-bond acceptors (Lipinski definition) is 2. The fourth-order valence-electron chi connectivity index (χ4n) is 0.496. The molecule has 2 heteroatoms. The molecule has 0 aromatic carbocycles. The van der Waals surface area contributed by atoms with Crippen molar-refractivity contribution in [3.63, 3.8) is 0 Å². The molecule has 0 saturated carbocycles. The number of nitriles is 1. The Morgan fingerprint density at radius 3 is 2.62 bits per heavy atom. The molecule has 1 unspecified atom stereocenters. The monoisotopic (exact) mass is 110 g/mol. The maximum absolute atomic E-state index is 8.26. The van der Waals surface area contributed by atoms with Crippen LogP contribution in [0.15, 0.2) is 0 Å². The van der Waals surface area contributed by atoms with E-state index in [9.17, 15) is 0 Å². The molecule has 8 heavy (non-hydrogen) atoms. The van der Waals surface area contributed by atoms with Gasteiger partial charge in [-0.3, -0.25) is 0 Å². The smallest absolute Gasteiger partial charge is 0.0808 e. The van der Waals surface area contributed by atoms with Gasteiger partial charge < -0.3 is 5.41 Å². The average molecular weight is 110 g/mol. The molecule has 0 rings (SSSR count). The molecule has 0 aliphatic carbocycles. The van der Waals surface area contributed by atoms with E-state index < -0.39 is 0 Å². The molecule has 0 bridgehead atoms. The lowest BCUT2D eigenvalue weighted by Gasteiger charge is -1.94. The summed E-state index contributed by atoms with van der Waals surface area (Å²) in [5, 5.41) is 15.0. The minimum absolute atomic E-state index is 0.153. The molecule has 0 aromatic heterocycles. The highest BCUT2D eigenvalue weighted by Gasteiger charge is 1.97. The van der Waals surface area contributed by atoms with E-state index in [1.165, 1.54) is 6.21 Å². The summed E-state index contributed by atoms with van der Waals surface area (Å²) in [7, 11) is 0. The second kappa shape index (κ2) is 4.32. The lowest BCUT2D eigenvalue weighted by atomic mass is 10.1. The highest BCUT2D eigenvalue weighted by Crippen LogP contribution is 1.99. The van der Waals surface area contributed by atoms with Crippen LogP contribution in [0.2, 0.25) is 0 Å². The van der Waals surface area contributed by atoms with Gasteiger partial charge >= 0.3 is 0 Å². The summed E-state index contributed by atoms with van der Waals surface area (Å²) >= 11 is 0. The molecule has 0 radical (unpaired) electrons. The Morgan fingerprint density at radius 2 is 2.50 bits per heavy atom. The molecular formula is C6H10N2. The predicted molar refractivity (Wildman–Crippen MR) is 32.8 cm³/mol. The molecule has 0 aliphatic heterocycles. The Morgan fingerprint density at radius 1 is 1.88 bits per heavy atom. The van der Waals surface area contributed by atoms with E-state index in [0.717, 1.165) is 12.8 Å². The molecule has 44 valence electrons. The van der Waals surface area contributed by atoms with Crippen molar-refractivity contribution in [3.8, 4) is 6.07 Å². The van der Waals surface area contributed by atoms with Crippen LogP contribution >= 0.6 is 0 Å². The minimum atomic E-state index is -0.153. The number of hydrogen-bond donors (Lipinski definition) is 1. The topological polar surface area (TPSA) is 47.6 Å².